The quantitative estimate of drug-likeness (QED) is 0.837. The Labute approximate surface area is 145 Å². The topological polar surface area (TPSA) is 94.2 Å². The monoisotopic (exact) mass is 343 g/mol. The van der Waals surface area contributed by atoms with Crippen molar-refractivity contribution in [2.24, 2.45) is 0 Å². The third-order valence-electron chi connectivity index (χ3n) is 4.82. The van der Waals surface area contributed by atoms with E-state index >= 15 is 0 Å². The van der Waals surface area contributed by atoms with Crippen LogP contribution in [0.2, 0.25) is 0 Å². The molecule has 0 spiro atoms. The maximum absolute atomic E-state index is 12.4. The molecule has 2 aromatic heterocycles. The van der Waals surface area contributed by atoms with E-state index in [-0.39, 0.29) is 17.9 Å². The summed E-state index contributed by atoms with van der Waals surface area (Å²) in [4.78, 5) is 27.2. The van der Waals surface area contributed by atoms with Gasteiger partial charge in [0.2, 0.25) is 0 Å². The van der Waals surface area contributed by atoms with E-state index in [1.54, 1.807) is 12.4 Å². The summed E-state index contributed by atoms with van der Waals surface area (Å²) in [7, 11) is 0. The zero-order valence-corrected chi connectivity index (χ0v) is 14.2. The summed E-state index contributed by atoms with van der Waals surface area (Å²) in [5.41, 5.74) is 1.42. The molecule has 4 heterocycles. The number of carbonyl (C=O) groups excluding carboxylic acids is 1. The van der Waals surface area contributed by atoms with Crippen LogP contribution in [0.25, 0.3) is 11.6 Å². The number of rotatable bonds is 3. The Morgan fingerprint density at radius 3 is 2.72 bits per heavy atom. The summed E-state index contributed by atoms with van der Waals surface area (Å²) >= 11 is 0. The van der Waals surface area contributed by atoms with Gasteiger partial charge >= 0.3 is 0 Å². The summed E-state index contributed by atoms with van der Waals surface area (Å²) in [5, 5.41) is 4.10. The van der Waals surface area contributed by atoms with Gasteiger partial charge in [-0.25, -0.2) is 4.98 Å². The first-order valence-corrected chi connectivity index (χ1v) is 8.74. The molecule has 0 N–H and O–H groups in total. The number of aromatic nitrogens is 4. The Morgan fingerprint density at radius 2 is 2.04 bits per heavy atom. The maximum Gasteiger partial charge on any atom is 0.278 e. The summed E-state index contributed by atoms with van der Waals surface area (Å²) < 4.78 is 10.8. The predicted octanol–water partition coefficient (Wildman–Crippen LogP) is 1.72. The van der Waals surface area contributed by atoms with Gasteiger partial charge in [-0.3, -0.25) is 9.78 Å². The second-order valence-electron chi connectivity index (χ2n) is 6.60. The second-order valence-corrected chi connectivity index (χ2v) is 6.60. The van der Waals surface area contributed by atoms with Gasteiger partial charge in [0.05, 0.1) is 11.9 Å². The summed E-state index contributed by atoms with van der Waals surface area (Å²) in [6, 6.07) is 0. The average Bonchev–Trinajstić information content (AvgIpc) is 3.34. The molecule has 8 heteroatoms. The van der Waals surface area contributed by atoms with Crippen LogP contribution < -0.4 is 0 Å². The van der Waals surface area contributed by atoms with E-state index in [1.165, 1.54) is 0 Å². The lowest BCUT2D eigenvalue weighted by Crippen LogP contribution is -2.43. The van der Waals surface area contributed by atoms with Gasteiger partial charge < -0.3 is 14.2 Å². The van der Waals surface area contributed by atoms with Crippen molar-refractivity contribution in [1.29, 1.82) is 0 Å². The van der Waals surface area contributed by atoms with Crippen molar-refractivity contribution >= 4 is 5.91 Å². The standard InChI is InChI=1S/C17H21N5O3/c1-11-9-19-13(10-18-11)16-20-15(21-25-16)12-4-6-22(7-5-12)17(23)14-3-2-8-24-14/h9-10,12,14H,2-8H2,1H3/t14-/m0/s1. The molecule has 0 saturated carbocycles. The Bertz CT molecular complexity index is 731. The van der Waals surface area contributed by atoms with Gasteiger partial charge in [0.1, 0.15) is 11.8 Å². The van der Waals surface area contributed by atoms with Crippen molar-refractivity contribution in [1.82, 2.24) is 25.0 Å². The molecule has 0 aromatic carbocycles. The molecular formula is C17H21N5O3. The van der Waals surface area contributed by atoms with Crippen LogP contribution in [0.4, 0.5) is 0 Å². The van der Waals surface area contributed by atoms with Gasteiger partial charge in [0, 0.05) is 31.8 Å². The molecule has 2 aromatic rings. The lowest BCUT2D eigenvalue weighted by Gasteiger charge is -2.32. The molecule has 2 aliphatic heterocycles. The largest absolute Gasteiger partial charge is 0.368 e. The lowest BCUT2D eigenvalue weighted by atomic mass is 9.95. The first kappa shape index (κ1) is 16.1. The van der Waals surface area contributed by atoms with Crippen LogP contribution in [0.3, 0.4) is 0 Å². The molecule has 0 bridgehead atoms. The zero-order chi connectivity index (χ0) is 17.2. The van der Waals surface area contributed by atoms with Gasteiger partial charge in [-0.15, -0.1) is 0 Å². The van der Waals surface area contributed by atoms with E-state index in [2.05, 4.69) is 20.1 Å². The number of amides is 1. The number of hydrogen-bond donors (Lipinski definition) is 0. The van der Waals surface area contributed by atoms with Crippen molar-refractivity contribution in [3.8, 4) is 11.6 Å². The highest BCUT2D eigenvalue weighted by Crippen LogP contribution is 2.28. The van der Waals surface area contributed by atoms with Crippen molar-refractivity contribution in [2.75, 3.05) is 19.7 Å². The number of piperidine rings is 1. The lowest BCUT2D eigenvalue weighted by molar-refractivity contribution is -0.142. The Balaban J connectivity index is 1.38. The van der Waals surface area contributed by atoms with Gasteiger partial charge in [-0.1, -0.05) is 5.16 Å². The number of aryl methyl sites for hydroxylation is 1. The van der Waals surface area contributed by atoms with E-state index in [0.717, 1.165) is 31.4 Å². The van der Waals surface area contributed by atoms with Crippen LogP contribution in [-0.2, 0) is 9.53 Å². The number of hydrogen-bond acceptors (Lipinski definition) is 7. The minimum Gasteiger partial charge on any atom is -0.368 e. The summed E-state index contributed by atoms with van der Waals surface area (Å²) in [6.07, 6.45) is 6.54. The average molecular weight is 343 g/mol. The highest BCUT2D eigenvalue weighted by molar-refractivity contribution is 5.81. The molecule has 2 saturated heterocycles. The van der Waals surface area contributed by atoms with Gasteiger partial charge in [-0.2, -0.15) is 4.98 Å². The van der Waals surface area contributed by atoms with Crippen LogP contribution in [-0.4, -0.2) is 56.7 Å². The molecule has 132 valence electrons. The highest BCUT2D eigenvalue weighted by Gasteiger charge is 2.32. The van der Waals surface area contributed by atoms with E-state index in [0.29, 0.717) is 37.1 Å². The van der Waals surface area contributed by atoms with Gasteiger partial charge in [0.25, 0.3) is 11.8 Å². The van der Waals surface area contributed by atoms with E-state index in [4.69, 9.17) is 9.26 Å². The van der Waals surface area contributed by atoms with E-state index in [9.17, 15) is 4.79 Å². The zero-order valence-electron chi connectivity index (χ0n) is 14.2. The molecule has 0 unspecified atom stereocenters. The molecule has 2 aliphatic rings. The number of carbonyl (C=O) groups is 1. The normalized spacial score (nSPS) is 21.6. The van der Waals surface area contributed by atoms with E-state index < -0.39 is 0 Å². The molecule has 1 amide bonds. The van der Waals surface area contributed by atoms with Crippen molar-refractivity contribution in [2.45, 2.75) is 44.6 Å². The maximum atomic E-state index is 12.4. The summed E-state index contributed by atoms with van der Waals surface area (Å²) in [6.45, 7) is 3.98. The van der Waals surface area contributed by atoms with Crippen LogP contribution >= 0.6 is 0 Å². The van der Waals surface area contributed by atoms with Gasteiger partial charge in [-0.05, 0) is 32.6 Å². The van der Waals surface area contributed by atoms with Crippen LogP contribution in [0.5, 0.6) is 0 Å². The fourth-order valence-corrected chi connectivity index (χ4v) is 3.34. The molecule has 1 atom stereocenters. The number of nitrogens with zero attached hydrogens (tertiary/aromatic N) is 5. The number of ether oxygens (including phenoxy) is 1. The molecule has 4 rings (SSSR count). The van der Waals surface area contributed by atoms with Gasteiger partial charge in [0.15, 0.2) is 5.82 Å². The second kappa shape index (κ2) is 6.87. The van der Waals surface area contributed by atoms with Crippen molar-refractivity contribution in [3.05, 3.63) is 23.9 Å². The summed E-state index contributed by atoms with van der Waals surface area (Å²) in [5.74, 6) is 1.39. The smallest absolute Gasteiger partial charge is 0.278 e. The number of likely N-dealkylation sites (tertiary alicyclic amines) is 1. The first-order chi connectivity index (χ1) is 12.2. The third-order valence-corrected chi connectivity index (χ3v) is 4.82. The molecule has 25 heavy (non-hydrogen) atoms. The molecule has 0 radical (unpaired) electrons. The van der Waals surface area contributed by atoms with Crippen LogP contribution in [0, 0.1) is 6.92 Å². The molecule has 0 aliphatic carbocycles. The fraction of sp³-hybridized carbons (Fsp3) is 0.588. The minimum absolute atomic E-state index is 0.125. The van der Waals surface area contributed by atoms with Crippen molar-refractivity contribution in [3.63, 3.8) is 0 Å². The molecule has 8 nitrogen and oxygen atoms in total. The van der Waals surface area contributed by atoms with Crippen LogP contribution in [0.15, 0.2) is 16.9 Å². The Morgan fingerprint density at radius 1 is 1.20 bits per heavy atom. The molecule has 2 fully saturated rings. The van der Waals surface area contributed by atoms with Crippen molar-refractivity contribution < 1.29 is 14.1 Å². The SMILES string of the molecule is Cc1cnc(-c2nc(C3CCN(C(=O)[C@@H]4CCCO4)CC3)no2)cn1. The Hall–Kier alpha value is -2.35. The highest BCUT2D eigenvalue weighted by atomic mass is 16.5. The third kappa shape index (κ3) is 3.39. The fourth-order valence-electron chi connectivity index (χ4n) is 3.34. The van der Waals surface area contributed by atoms with E-state index in [1.807, 2.05) is 11.8 Å². The van der Waals surface area contributed by atoms with Crippen LogP contribution in [0.1, 0.15) is 43.1 Å². The Kier molecular flexibility index (Phi) is 4.44. The first-order valence-electron chi connectivity index (χ1n) is 8.74. The minimum atomic E-state index is -0.242. The molecular weight excluding hydrogens is 322 g/mol. The predicted molar refractivity (Wildman–Crippen MR) is 87.6 cm³/mol.